The number of aromatic nitrogens is 1. The number of halogens is 2. The van der Waals surface area contributed by atoms with E-state index >= 15 is 0 Å². The molecule has 26 heavy (non-hydrogen) atoms. The van der Waals surface area contributed by atoms with Crippen LogP contribution >= 0.6 is 23.2 Å². The van der Waals surface area contributed by atoms with Gasteiger partial charge in [0.25, 0.3) is 5.91 Å². The fraction of sp³-hybridized carbons (Fsp3) is 0.278. The number of nitrogens with one attached hydrogen (secondary N) is 3. The molecule has 3 N–H and O–H groups in total. The zero-order chi connectivity index (χ0) is 18.9. The summed E-state index contributed by atoms with van der Waals surface area (Å²) in [5.41, 5.74) is 0.907. The lowest BCUT2D eigenvalue weighted by molar-refractivity contribution is -0.138. The number of aromatic amines is 1. The van der Waals surface area contributed by atoms with Gasteiger partial charge in [-0.15, -0.1) is 0 Å². The molecule has 8 heteroatoms. The van der Waals surface area contributed by atoms with Crippen LogP contribution in [0.1, 0.15) is 42.2 Å². The van der Waals surface area contributed by atoms with Crippen molar-refractivity contribution in [3.8, 4) is 0 Å². The molecule has 1 atom stereocenters. The van der Waals surface area contributed by atoms with E-state index < -0.39 is 5.41 Å². The van der Waals surface area contributed by atoms with Gasteiger partial charge in [-0.05, 0) is 36.6 Å². The maximum atomic E-state index is 12.4. The first-order valence-corrected chi connectivity index (χ1v) is 8.91. The molecule has 1 aromatic carbocycles. The predicted molar refractivity (Wildman–Crippen MR) is 99.6 cm³/mol. The Morgan fingerprint density at radius 2 is 1.92 bits per heavy atom. The Kier molecular flexibility index (Phi) is 5.07. The Morgan fingerprint density at radius 3 is 2.46 bits per heavy atom. The van der Waals surface area contributed by atoms with Crippen molar-refractivity contribution >= 4 is 46.6 Å². The molecule has 0 radical (unpaired) electrons. The first kappa shape index (κ1) is 18.5. The van der Waals surface area contributed by atoms with Crippen LogP contribution in [-0.2, 0) is 15.0 Å². The molecule has 1 saturated heterocycles. The van der Waals surface area contributed by atoms with Crippen LogP contribution in [0.3, 0.4) is 0 Å². The molecular weight excluding hydrogens is 377 g/mol. The van der Waals surface area contributed by atoms with Crippen LogP contribution in [-0.4, -0.2) is 22.7 Å². The van der Waals surface area contributed by atoms with Gasteiger partial charge < -0.3 is 10.3 Å². The highest BCUT2D eigenvalue weighted by atomic mass is 35.5. The lowest BCUT2D eigenvalue weighted by atomic mass is 9.72. The van der Waals surface area contributed by atoms with Crippen LogP contribution < -0.4 is 10.6 Å². The number of amides is 3. The molecule has 0 bridgehead atoms. The minimum absolute atomic E-state index is 0.204. The summed E-state index contributed by atoms with van der Waals surface area (Å²) in [6.07, 6.45) is 1.36. The van der Waals surface area contributed by atoms with E-state index in [0.29, 0.717) is 24.9 Å². The molecule has 3 amide bonds. The molecule has 6 nitrogen and oxygen atoms in total. The number of carbonyl (C=O) groups excluding carboxylic acids is 3. The first-order valence-electron chi connectivity index (χ1n) is 8.16. The van der Waals surface area contributed by atoms with Gasteiger partial charge in [-0.25, -0.2) is 0 Å². The van der Waals surface area contributed by atoms with E-state index in [1.165, 1.54) is 6.07 Å². The lowest BCUT2D eigenvalue weighted by Gasteiger charge is -2.35. The van der Waals surface area contributed by atoms with E-state index in [2.05, 4.69) is 15.6 Å². The Labute approximate surface area is 160 Å². The topological polar surface area (TPSA) is 91.1 Å². The fourth-order valence-electron chi connectivity index (χ4n) is 3.16. The summed E-state index contributed by atoms with van der Waals surface area (Å²) < 4.78 is 0. The van der Waals surface area contributed by atoms with Gasteiger partial charge in [0.05, 0.1) is 10.4 Å². The minimum Gasteiger partial charge on any atom is -0.340 e. The first-order chi connectivity index (χ1) is 12.4. The van der Waals surface area contributed by atoms with Crippen LogP contribution in [0.15, 0.2) is 30.3 Å². The third kappa shape index (κ3) is 3.34. The zero-order valence-electron chi connectivity index (χ0n) is 14.0. The van der Waals surface area contributed by atoms with E-state index in [1.807, 2.05) is 6.92 Å². The van der Waals surface area contributed by atoms with E-state index in [9.17, 15) is 14.4 Å². The molecule has 0 aliphatic carbocycles. The van der Waals surface area contributed by atoms with Crippen molar-refractivity contribution in [2.75, 3.05) is 5.32 Å². The van der Waals surface area contributed by atoms with Crippen molar-refractivity contribution in [1.82, 2.24) is 10.3 Å². The van der Waals surface area contributed by atoms with Crippen LogP contribution in [0.5, 0.6) is 0 Å². The summed E-state index contributed by atoms with van der Waals surface area (Å²) >= 11 is 11.6. The van der Waals surface area contributed by atoms with Crippen LogP contribution in [0.2, 0.25) is 10.2 Å². The molecule has 1 aromatic heterocycles. The Balaban J connectivity index is 1.78. The number of piperidine rings is 1. The number of hydrogen-bond acceptors (Lipinski definition) is 3. The van der Waals surface area contributed by atoms with Gasteiger partial charge in [-0.2, -0.15) is 0 Å². The second-order valence-corrected chi connectivity index (χ2v) is 6.97. The van der Waals surface area contributed by atoms with Gasteiger partial charge in [0.2, 0.25) is 11.8 Å². The molecule has 1 aliphatic heterocycles. The molecule has 1 unspecified atom stereocenters. The van der Waals surface area contributed by atoms with Gasteiger partial charge in [-0.1, -0.05) is 42.3 Å². The second-order valence-electron chi connectivity index (χ2n) is 6.19. The van der Waals surface area contributed by atoms with Gasteiger partial charge >= 0.3 is 0 Å². The quantitative estimate of drug-likeness (QED) is 0.692. The number of anilines is 1. The summed E-state index contributed by atoms with van der Waals surface area (Å²) in [5, 5.41) is 5.63. The third-order valence-electron chi connectivity index (χ3n) is 4.74. The van der Waals surface area contributed by atoms with Crippen molar-refractivity contribution in [1.29, 1.82) is 0 Å². The molecular formula is C18H17Cl2N3O3. The fourth-order valence-corrected chi connectivity index (χ4v) is 3.48. The van der Waals surface area contributed by atoms with Crippen LogP contribution in [0.4, 0.5) is 5.69 Å². The van der Waals surface area contributed by atoms with Gasteiger partial charge in [-0.3, -0.25) is 19.7 Å². The Morgan fingerprint density at radius 1 is 1.23 bits per heavy atom. The maximum absolute atomic E-state index is 12.4. The average molecular weight is 394 g/mol. The van der Waals surface area contributed by atoms with Crippen molar-refractivity contribution in [2.24, 2.45) is 0 Å². The van der Waals surface area contributed by atoms with Crippen molar-refractivity contribution in [3.63, 3.8) is 0 Å². The van der Waals surface area contributed by atoms with Gasteiger partial charge in [0.1, 0.15) is 10.8 Å². The standard InChI is InChI=1S/C18H17Cl2N3O3/c1-2-18(8-7-14(24)23-17(18)26)10-3-5-11(6-4-10)21-16(25)13-9-12(19)15(20)22-13/h3-6,9,22H,2,7-8H2,1H3,(H,21,25)(H,23,24,26). The third-order valence-corrected chi connectivity index (χ3v) is 5.43. The van der Waals surface area contributed by atoms with Crippen LogP contribution in [0, 0.1) is 0 Å². The maximum Gasteiger partial charge on any atom is 0.272 e. The van der Waals surface area contributed by atoms with E-state index in [-0.39, 0.29) is 33.6 Å². The monoisotopic (exact) mass is 393 g/mol. The number of H-pyrrole nitrogens is 1. The summed E-state index contributed by atoms with van der Waals surface area (Å²) in [6, 6.07) is 8.48. The molecule has 136 valence electrons. The molecule has 1 aliphatic rings. The van der Waals surface area contributed by atoms with E-state index in [1.54, 1.807) is 24.3 Å². The molecule has 0 spiro atoms. The number of imide groups is 1. The van der Waals surface area contributed by atoms with Crippen molar-refractivity contribution < 1.29 is 14.4 Å². The molecule has 2 aromatic rings. The highest BCUT2D eigenvalue weighted by Crippen LogP contribution is 2.36. The Bertz CT molecular complexity index is 857. The summed E-state index contributed by atoms with van der Waals surface area (Å²) in [4.78, 5) is 38.8. The minimum atomic E-state index is -0.725. The molecule has 2 heterocycles. The van der Waals surface area contributed by atoms with Gasteiger partial charge in [0, 0.05) is 12.1 Å². The number of hydrogen-bond donors (Lipinski definition) is 3. The Hall–Kier alpha value is -2.31. The lowest BCUT2D eigenvalue weighted by Crippen LogP contribution is -2.51. The summed E-state index contributed by atoms with van der Waals surface area (Å²) in [7, 11) is 0. The van der Waals surface area contributed by atoms with Crippen LogP contribution in [0.25, 0.3) is 0 Å². The highest BCUT2D eigenvalue weighted by molar-refractivity contribution is 6.41. The summed E-state index contributed by atoms with van der Waals surface area (Å²) in [5.74, 6) is -0.896. The predicted octanol–water partition coefficient (Wildman–Crippen LogP) is 3.66. The smallest absolute Gasteiger partial charge is 0.272 e. The zero-order valence-corrected chi connectivity index (χ0v) is 15.5. The molecule has 0 saturated carbocycles. The second kappa shape index (κ2) is 7.13. The summed E-state index contributed by atoms with van der Waals surface area (Å²) in [6.45, 7) is 1.92. The number of rotatable bonds is 4. The molecule has 3 rings (SSSR count). The highest BCUT2D eigenvalue weighted by Gasteiger charge is 2.42. The number of benzene rings is 1. The molecule has 1 fully saturated rings. The normalized spacial score (nSPS) is 20.0. The average Bonchev–Trinajstić information content (AvgIpc) is 2.96. The van der Waals surface area contributed by atoms with Crippen molar-refractivity contribution in [2.45, 2.75) is 31.6 Å². The SMILES string of the molecule is CCC1(c2ccc(NC(=O)c3cc(Cl)c(Cl)[nH]3)cc2)CCC(=O)NC1=O. The van der Waals surface area contributed by atoms with E-state index in [4.69, 9.17) is 23.2 Å². The number of carbonyl (C=O) groups is 3. The van der Waals surface area contributed by atoms with Crippen molar-refractivity contribution in [3.05, 3.63) is 51.8 Å². The largest absolute Gasteiger partial charge is 0.340 e. The van der Waals surface area contributed by atoms with E-state index in [0.717, 1.165) is 5.56 Å². The van der Waals surface area contributed by atoms with Gasteiger partial charge in [0.15, 0.2) is 0 Å².